The number of carbonyl (C=O) groups excluding carboxylic acids is 5. The Labute approximate surface area is 260 Å². The van der Waals surface area contributed by atoms with Crippen molar-refractivity contribution in [2.75, 3.05) is 31.1 Å². The highest BCUT2D eigenvalue weighted by molar-refractivity contribution is 8.76. The fourth-order valence-electron chi connectivity index (χ4n) is 4.37. The van der Waals surface area contributed by atoms with E-state index in [0.29, 0.717) is 37.3 Å². The van der Waals surface area contributed by atoms with Crippen LogP contribution >= 0.6 is 21.6 Å². The second kappa shape index (κ2) is 20.3. The van der Waals surface area contributed by atoms with E-state index in [0.717, 1.165) is 5.75 Å². The van der Waals surface area contributed by atoms with Crippen LogP contribution in [0.1, 0.15) is 80.6 Å². The van der Waals surface area contributed by atoms with Gasteiger partial charge in [-0.2, -0.15) is 0 Å². The molecule has 0 saturated heterocycles. The standard InChI is InChI=1S/C30H51N5O5S2/c1-10-29(8,27(39)34-16-18-42-41-17-15-32-25(37)21(3)4)20-30(9,19-23(7)26(38)35-22(5)6)28(40)33-14-12-13-24(36)31-11-2/h2,22-23H,3,10,12-20H2,1,4-9H3,(H,31,36)(H,32,37)(H,33,40)(H,34,39)(H,35,38). The Hall–Kier alpha value is -2.65. The number of hydrogen-bond acceptors (Lipinski definition) is 7. The van der Waals surface area contributed by atoms with E-state index in [1.807, 2.05) is 27.7 Å². The molecule has 0 rings (SSSR count). The molecule has 0 aromatic rings. The van der Waals surface area contributed by atoms with E-state index in [-0.39, 0.29) is 61.4 Å². The second-order valence-electron chi connectivity index (χ2n) is 11.4. The van der Waals surface area contributed by atoms with Gasteiger partial charge >= 0.3 is 0 Å². The first kappa shape index (κ1) is 39.4. The zero-order chi connectivity index (χ0) is 32.3. The summed E-state index contributed by atoms with van der Waals surface area (Å²) in [4.78, 5) is 62.8. The smallest absolute Gasteiger partial charge is 0.246 e. The van der Waals surface area contributed by atoms with Crippen molar-refractivity contribution in [3.8, 4) is 12.5 Å². The van der Waals surface area contributed by atoms with Crippen LogP contribution in [0.15, 0.2) is 12.2 Å². The molecule has 0 bridgehead atoms. The van der Waals surface area contributed by atoms with Crippen LogP contribution in [0.5, 0.6) is 0 Å². The first-order valence-electron chi connectivity index (χ1n) is 14.4. The van der Waals surface area contributed by atoms with Crippen LogP contribution in [0.3, 0.4) is 0 Å². The number of terminal acetylenes is 1. The van der Waals surface area contributed by atoms with Crippen molar-refractivity contribution in [1.29, 1.82) is 0 Å². The van der Waals surface area contributed by atoms with Crippen molar-refractivity contribution in [2.24, 2.45) is 16.7 Å². The van der Waals surface area contributed by atoms with E-state index in [1.165, 1.54) is 0 Å². The summed E-state index contributed by atoms with van der Waals surface area (Å²) >= 11 is 0. The van der Waals surface area contributed by atoms with E-state index in [4.69, 9.17) is 6.42 Å². The Balaban J connectivity index is 5.27. The van der Waals surface area contributed by atoms with Gasteiger partial charge in [0.25, 0.3) is 0 Å². The maximum atomic E-state index is 13.6. The highest BCUT2D eigenvalue weighted by atomic mass is 33.1. The van der Waals surface area contributed by atoms with Crippen molar-refractivity contribution >= 4 is 51.1 Å². The van der Waals surface area contributed by atoms with Gasteiger partial charge in [-0.3, -0.25) is 29.3 Å². The Kier molecular flexibility index (Phi) is 19.0. The second-order valence-corrected chi connectivity index (χ2v) is 14.1. The zero-order valence-corrected chi connectivity index (χ0v) is 28.0. The number of hydrogen-bond donors (Lipinski definition) is 5. The molecule has 0 aliphatic carbocycles. The number of carbonyl (C=O) groups is 5. The normalized spacial score (nSPS) is 14.4. The van der Waals surface area contributed by atoms with Crippen molar-refractivity contribution in [3.63, 3.8) is 0 Å². The van der Waals surface area contributed by atoms with Crippen molar-refractivity contribution in [3.05, 3.63) is 12.2 Å². The van der Waals surface area contributed by atoms with Crippen LogP contribution in [0.25, 0.3) is 0 Å². The van der Waals surface area contributed by atoms with Gasteiger partial charge in [0.1, 0.15) is 0 Å². The van der Waals surface area contributed by atoms with Crippen LogP contribution in [0.4, 0.5) is 0 Å². The molecule has 10 nitrogen and oxygen atoms in total. The van der Waals surface area contributed by atoms with Crippen LogP contribution in [-0.4, -0.2) is 66.7 Å². The molecule has 3 atom stereocenters. The Bertz CT molecular complexity index is 984. The highest BCUT2D eigenvalue weighted by Gasteiger charge is 2.45. The molecule has 238 valence electrons. The molecular weight excluding hydrogens is 574 g/mol. The predicted molar refractivity (Wildman–Crippen MR) is 173 cm³/mol. The monoisotopic (exact) mass is 625 g/mol. The molecule has 0 fully saturated rings. The summed E-state index contributed by atoms with van der Waals surface area (Å²) in [6.07, 6.45) is 6.66. The lowest BCUT2D eigenvalue weighted by molar-refractivity contribution is -0.139. The minimum atomic E-state index is -1.02. The molecule has 0 spiro atoms. The topological polar surface area (TPSA) is 146 Å². The van der Waals surface area contributed by atoms with E-state index < -0.39 is 16.7 Å². The fraction of sp³-hybridized carbons (Fsp3) is 0.700. The molecule has 0 aliphatic rings. The Morgan fingerprint density at radius 1 is 0.905 bits per heavy atom. The van der Waals surface area contributed by atoms with Crippen molar-refractivity contribution < 1.29 is 24.0 Å². The summed E-state index contributed by atoms with van der Waals surface area (Å²) in [5.41, 5.74) is -1.39. The molecule has 0 aromatic carbocycles. The summed E-state index contributed by atoms with van der Waals surface area (Å²) in [6, 6.07) is 2.05. The molecule has 5 N–H and O–H groups in total. The van der Waals surface area contributed by atoms with E-state index >= 15 is 0 Å². The van der Waals surface area contributed by atoms with E-state index in [9.17, 15) is 24.0 Å². The molecule has 42 heavy (non-hydrogen) atoms. The molecule has 5 amide bonds. The first-order valence-corrected chi connectivity index (χ1v) is 16.9. The lowest BCUT2D eigenvalue weighted by atomic mass is 9.67. The first-order chi connectivity index (χ1) is 19.6. The quantitative estimate of drug-likeness (QED) is 0.0433. The number of nitrogens with one attached hydrogen (secondary N) is 5. The maximum absolute atomic E-state index is 13.6. The molecule has 0 saturated carbocycles. The number of rotatable bonds is 21. The lowest BCUT2D eigenvalue weighted by Gasteiger charge is -2.38. The third-order valence-electron chi connectivity index (χ3n) is 6.78. The summed E-state index contributed by atoms with van der Waals surface area (Å²) < 4.78 is 0. The van der Waals surface area contributed by atoms with E-state index in [2.05, 4.69) is 39.2 Å². The average Bonchev–Trinajstić information content (AvgIpc) is 2.91. The van der Waals surface area contributed by atoms with Crippen LogP contribution in [-0.2, 0) is 24.0 Å². The molecule has 0 aliphatic heterocycles. The largest absolute Gasteiger partial charge is 0.356 e. The van der Waals surface area contributed by atoms with Crippen LogP contribution in [0.2, 0.25) is 0 Å². The third kappa shape index (κ3) is 15.5. The Morgan fingerprint density at radius 2 is 1.45 bits per heavy atom. The van der Waals surface area contributed by atoms with Crippen LogP contribution < -0.4 is 26.6 Å². The lowest BCUT2D eigenvalue weighted by Crippen LogP contribution is -2.49. The number of amides is 5. The summed E-state index contributed by atoms with van der Waals surface area (Å²) in [5.74, 6) is -0.0501. The van der Waals surface area contributed by atoms with Gasteiger partial charge < -0.3 is 21.3 Å². The van der Waals surface area contributed by atoms with Crippen molar-refractivity contribution in [1.82, 2.24) is 26.6 Å². The van der Waals surface area contributed by atoms with Crippen molar-refractivity contribution in [2.45, 2.75) is 86.6 Å². The van der Waals surface area contributed by atoms with Gasteiger partial charge in [-0.1, -0.05) is 62.3 Å². The minimum Gasteiger partial charge on any atom is -0.356 e. The SMILES string of the molecule is C#CNC(=O)CCCNC(=O)C(C)(CC(C)C(=O)NC(C)C)CC(C)(CC)C(=O)NCCSSCCNC(=O)C(=C)C. The van der Waals surface area contributed by atoms with Crippen LogP contribution in [0, 0.1) is 29.2 Å². The van der Waals surface area contributed by atoms with Gasteiger partial charge in [-0.25, -0.2) is 0 Å². The third-order valence-corrected chi connectivity index (χ3v) is 9.19. The van der Waals surface area contributed by atoms with Gasteiger partial charge in [0.05, 0.1) is 0 Å². The van der Waals surface area contributed by atoms with Gasteiger partial charge in [0, 0.05) is 72.0 Å². The Morgan fingerprint density at radius 3 is 1.98 bits per heavy atom. The highest BCUT2D eigenvalue weighted by Crippen LogP contribution is 2.41. The maximum Gasteiger partial charge on any atom is 0.246 e. The molecule has 12 heteroatoms. The van der Waals surface area contributed by atoms with Gasteiger partial charge in [0.2, 0.25) is 29.5 Å². The van der Waals surface area contributed by atoms with Gasteiger partial charge in [0.15, 0.2) is 0 Å². The fourth-order valence-corrected chi connectivity index (χ4v) is 6.18. The molecule has 3 unspecified atom stereocenters. The molecule has 0 radical (unpaired) electrons. The van der Waals surface area contributed by atoms with E-state index in [1.54, 1.807) is 42.4 Å². The minimum absolute atomic E-state index is 0.0352. The predicted octanol–water partition coefficient (Wildman–Crippen LogP) is 3.14. The molecule has 0 aromatic heterocycles. The molecule has 0 heterocycles. The van der Waals surface area contributed by atoms with Gasteiger partial charge in [-0.05, 0) is 46.5 Å². The summed E-state index contributed by atoms with van der Waals surface area (Å²) in [7, 11) is 3.21. The van der Waals surface area contributed by atoms with Gasteiger partial charge in [-0.15, -0.1) is 0 Å². The average molecular weight is 626 g/mol. The summed E-state index contributed by atoms with van der Waals surface area (Å²) in [5, 5.41) is 13.9. The zero-order valence-electron chi connectivity index (χ0n) is 26.4. The summed E-state index contributed by atoms with van der Waals surface area (Å²) in [6.45, 7) is 17.6. The molecular formula is C30H51N5O5S2.